The van der Waals surface area contributed by atoms with Gasteiger partial charge in [0.2, 0.25) is 0 Å². The van der Waals surface area contributed by atoms with E-state index < -0.39 is 0 Å². The van der Waals surface area contributed by atoms with E-state index in [4.69, 9.17) is 9.72 Å². The number of carbonyl (C=O) groups excluding carboxylic acids is 1. The summed E-state index contributed by atoms with van der Waals surface area (Å²) in [4.78, 5) is 21.4. The summed E-state index contributed by atoms with van der Waals surface area (Å²) in [6.07, 6.45) is 0. The van der Waals surface area contributed by atoms with Gasteiger partial charge in [-0.25, -0.2) is 4.98 Å². The molecule has 0 N–H and O–H groups in total. The van der Waals surface area contributed by atoms with E-state index in [9.17, 15) is 4.79 Å². The summed E-state index contributed by atoms with van der Waals surface area (Å²) in [6.45, 7) is 9.21. The van der Waals surface area contributed by atoms with Crippen LogP contribution in [-0.2, 0) is 17.8 Å². The Labute approximate surface area is 159 Å². The molecule has 2 aromatic rings. The van der Waals surface area contributed by atoms with Crippen LogP contribution >= 0.6 is 11.3 Å². The van der Waals surface area contributed by atoms with Crippen LogP contribution in [0.3, 0.4) is 0 Å². The van der Waals surface area contributed by atoms with Crippen molar-refractivity contribution in [2.75, 3.05) is 33.4 Å². The fraction of sp³-hybridized carbons (Fsp3) is 0.500. The van der Waals surface area contributed by atoms with Crippen LogP contribution in [0.15, 0.2) is 29.6 Å². The second-order valence-electron chi connectivity index (χ2n) is 7.06. The minimum absolute atomic E-state index is 0.0306. The lowest BCUT2D eigenvalue weighted by Crippen LogP contribution is -2.35. The number of nitrogens with zero attached hydrogens (tertiary/aromatic N) is 3. The van der Waals surface area contributed by atoms with Crippen LogP contribution in [0.25, 0.3) is 0 Å². The summed E-state index contributed by atoms with van der Waals surface area (Å²) in [5.41, 5.74) is 2.92. The highest BCUT2D eigenvalue weighted by Crippen LogP contribution is 2.17. The predicted molar refractivity (Wildman–Crippen MR) is 105 cm³/mol. The Morgan fingerprint density at radius 3 is 2.62 bits per heavy atom. The quantitative estimate of drug-likeness (QED) is 0.779. The van der Waals surface area contributed by atoms with Crippen molar-refractivity contribution in [1.82, 2.24) is 14.8 Å². The standard InChI is InChI=1S/C20H27N3O2S/c1-15(2)16-4-6-17(7-5-16)20(24)22(3)12-18-14-26-19(21-18)13-23-8-10-25-11-9-23/h4-7,14-15H,8-13H2,1-3H3. The average Bonchev–Trinajstić information content (AvgIpc) is 3.08. The number of morpholine rings is 1. The Morgan fingerprint density at radius 2 is 1.96 bits per heavy atom. The smallest absolute Gasteiger partial charge is 0.253 e. The Morgan fingerprint density at radius 1 is 1.27 bits per heavy atom. The third-order valence-electron chi connectivity index (χ3n) is 4.63. The second-order valence-corrected chi connectivity index (χ2v) is 8.00. The SMILES string of the molecule is CC(C)c1ccc(C(=O)N(C)Cc2csc(CN3CCOCC3)n2)cc1. The van der Waals surface area contributed by atoms with E-state index in [-0.39, 0.29) is 5.91 Å². The highest BCUT2D eigenvalue weighted by molar-refractivity contribution is 7.09. The molecule has 0 aliphatic carbocycles. The summed E-state index contributed by atoms with van der Waals surface area (Å²) >= 11 is 1.67. The number of thiazole rings is 1. The van der Waals surface area contributed by atoms with Gasteiger partial charge in [0.1, 0.15) is 5.01 Å². The van der Waals surface area contributed by atoms with Gasteiger partial charge in [0, 0.05) is 31.1 Å². The minimum Gasteiger partial charge on any atom is -0.379 e. The van der Waals surface area contributed by atoms with Gasteiger partial charge >= 0.3 is 0 Å². The fourth-order valence-corrected chi connectivity index (χ4v) is 3.82. The third-order valence-corrected chi connectivity index (χ3v) is 5.51. The molecule has 1 saturated heterocycles. The number of ether oxygens (including phenoxy) is 1. The lowest BCUT2D eigenvalue weighted by atomic mass is 10.0. The second kappa shape index (κ2) is 8.75. The van der Waals surface area contributed by atoms with Crippen LogP contribution < -0.4 is 0 Å². The van der Waals surface area contributed by atoms with Gasteiger partial charge in [-0.05, 0) is 23.6 Å². The van der Waals surface area contributed by atoms with Gasteiger partial charge in [0.25, 0.3) is 5.91 Å². The van der Waals surface area contributed by atoms with Gasteiger partial charge < -0.3 is 9.64 Å². The van der Waals surface area contributed by atoms with E-state index in [1.807, 2.05) is 31.3 Å². The number of hydrogen-bond donors (Lipinski definition) is 0. The van der Waals surface area contributed by atoms with Crippen LogP contribution in [0.1, 0.15) is 46.4 Å². The van der Waals surface area contributed by atoms with Crippen LogP contribution in [0.4, 0.5) is 0 Å². The van der Waals surface area contributed by atoms with Gasteiger partial charge in [-0.1, -0.05) is 26.0 Å². The highest BCUT2D eigenvalue weighted by Gasteiger charge is 2.16. The zero-order chi connectivity index (χ0) is 18.5. The first kappa shape index (κ1) is 19.0. The molecule has 1 amide bonds. The zero-order valence-electron chi connectivity index (χ0n) is 15.8. The molecule has 1 fully saturated rings. The molecule has 3 rings (SSSR count). The molecule has 1 aromatic carbocycles. The molecule has 140 valence electrons. The van der Waals surface area contributed by atoms with Crippen molar-refractivity contribution in [2.24, 2.45) is 0 Å². The molecular formula is C20H27N3O2S. The average molecular weight is 374 g/mol. The molecule has 26 heavy (non-hydrogen) atoms. The topological polar surface area (TPSA) is 45.7 Å². The summed E-state index contributed by atoms with van der Waals surface area (Å²) < 4.78 is 5.38. The Hall–Kier alpha value is -1.76. The monoisotopic (exact) mass is 373 g/mol. The Kier molecular flexibility index (Phi) is 6.40. The zero-order valence-corrected chi connectivity index (χ0v) is 16.6. The molecule has 5 nitrogen and oxygen atoms in total. The van der Waals surface area contributed by atoms with Gasteiger partial charge in [0.15, 0.2) is 0 Å². The number of amides is 1. The normalized spacial score (nSPS) is 15.4. The number of rotatable bonds is 6. The molecule has 0 saturated carbocycles. The fourth-order valence-electron chi connectivity index (χ4n) is 2.99. The van der Waals surface area contributed by atoms with E-state index >= 15 is 0 Å². The summed E-state index contributed by atoms with van der Waals surface area (Å²) in [6, 6.07) is 7.90. The van der Waals surface area contributed by atoms with E-state index in [2.05, 4.69) is 24.1 Å². The van der Waals surface area contributed by atoms with Crippen LogP contribution in [-0.4, -0.2) is 54.0 Å². The maximum Gasteiger partial charge on any atom is 0.253 e. The van der Waals surface area contributed by atoms with Gasteiger partial charge in [-0.2, -0.15) is 0 Å². The molecule has 1 aliphatic rings. The maximum atomic E-state index is 12.6. The van der Waals surface area contributed by atoms with Crippen molar-refractivity contribution >= 4 is 17.2 Å². The van der Waals surface area contributed by atoms with E-state index in [0.29, 0.717) is 12.5 Å². The first-order valence-electron chi connectivity index (χ1n) is 9.11. The number of aromatic nitrogens is 1. The molecule has 6 heteroatoms. The molecular weight excluding hydrogens is 346 g/mol. The lowest BCUT2D eigenvalue weighted by Gasteiger charge is -2.25. The van der Waals surface area contributed by atoms with Crippen molar-refractivity contribution < 1.29 is 9.53 Å². The maximum absolute atomic E-state index is 12.6. The molecule has 2 heterocycles. The number of hydrogen-bond acceptors (Lipinski definition) is 5. The van der Waals surface area contributed by atoms with Crippen LogP contribution in [0.5, 0.6) is 0 Å². The van der Waals surface area contributed by atoms with Gasteiger partial charge in [-0.15, -0.1) is 11.3 Å². The van der Waals surface area contributed by atoms with E-state index in [1.165, 1.54) is 5.56 Å². The number of carbonyl (C=O) groups is 1. The number of benzene rings is 1. The van der Waals surface area contributed by atoms with E-state index in [1.54, 1.807) is 16.2 Å². The van der Waals surface area contributed by atoms with Crippen molar-refractivity contribution in [1.29, 1.82) is 0 Å². The van der Waals surface area contributed by atoms with Crippen LogP contribution in [0, 0.1) is 0 Å². The first-order valence-corrected chi connectivity index (χ1v) is 9.99. The summed E-state index contributed by atoms with van der Waals surface area (Å²) in [5, 5.41) is 3.16. The highest BCUT2D eigenvalue weighted by atomic mass is 32.1. The lowest BCUT2D eigenvalue weighted by molar-refractivity contribution is 0.0341. The van der Waals surface area contributed by atoms with E-state index in [0.717, 1.165) is 49.1 Å². The van der Waals surface area contributed by atoms with Crippen LogP contribution in [0.2, 0.25) is 0 Å². The molecule has 0 atom stereocenters. The Balaban J connectivity index is 1.57. The molecule has 1 aromatic heterocycles. The van der Waals surface area contributed by atoms with Crippen molar-refractivity contribution in [3.8, 4) is 0 Å². The molecule has 1 aliphatic heterocycles. The van der Waals surface area contributed by atoms with Crippen molar-refractivity contribution in [3.05, 3.63) is 51.5 Å². The molecule has 0 radical (unpaired) electrons. The molecule has 0 bridgehead atoms. The van der Waals surface area contributed by atoms with Gasteiger partial charge in [0.05, 0.1) is 32.0 Å². The third kappa shape index (κ3) is 4.90. The van der Waals surface area contributed by atoms with Gasteiger partial charge in [-0.3, -0.25) is 9.69 Å². The molecule has 0 spiro atoms. The Bertz CT molecular complexity index is 721. The minimum atomic E-state index is 0.0306. The molecule has 0 unspecified atom stereocenters. The first-order chi connectivity index (χ1) is 12.5. The summed E-state index contributed by atoms with van der Waals surface area (Å²) in [5.74, 6) is 0.500. The summed E-state index contributed by atoms with van der Waals surface area (Å²) in [7, 11) is 1.83. The van der Waals surface area contributed by atoms with Crippen molar-refractivity contribution in [2.45, 2.75) is 32.9 Å². The largest absolute Gasteiger partial charge is 0.379 e. The predicted octanol–water partition coefficient (Wildman–Crippen LogP) is 3.37. The van der Waals surface area contributed by atoms with Crippen molar-refractivity contribution in [3.63, 3.8) is 0 Å².